The largest absolute Gasteiger partial charge is 0.490 e. The van der Waals surface area contributed by atoms with Crippen LogP contribution < -0.4 is 4.90 Å². The van der Waals surface area contributed by atoms with Crippen LogP contribution >= 0.6 is 0 Å². The highest BCUT2D eigenvalue weighted by Crippen LogP contribution is 2.19. The molecule has 2 aromatic rings. The number of aryl methyl sites for hydroxylation is 3. The molecule has 0 amide bonds. The van der Waals surface area contributed by atoms with E-state index in [0.717, 1.165) is 55.8 Å². The first-order chi connectivity index (χ1) is 16.9. The van der Waals surface area contributed by atoms with E-state index in [9.17, 15) is 26.3 Å². The first kappa shape index (κ1) is 31.6. The Kier molecular flexibility index (Phi) is 11.3. The highest BCUT2D eigenvalue weighted by molar-refractivity contribution is 5.73. The number of rotatable bonds is 4. The average molecular weight is 542 g/mol. The Hall–Kier alpha value is -3.43. The van der Waals surface area contributed by atoms with Gasteiger partial charge in [-0.25, -0.2) is 19.6 Å². The third-order valence-electron chi connectivity index (χ3n) is 5.07. The van der Waals surface area contributed by atoms with Crippen molar-refractivity contribution in [2.75, 3.05) is 37.6 Å². The number of nitrogens with zero attached hydrogens (tertiary/aromatic N) is 6. The molecule has 1 saturated heterocycles. The Balaban J connectivity index is 0.000000404. The van der Waals surface area contributed by atoms with Gasteiger partial charge >= 0.3 is 24.3 Å². The van der Waals surface area contributed by atoms with Gasteiger partial charge < -0.3 is 19.7 Å². The van der Waals surface area contributed by atoms with Crippen LogP contribution in [-0.4, -0.2) is 91.6 Å². The number of hydrogen-bond acceptors (Lipinski definition) is 7. The molecule has 2 N–H and O–H groups in total. The van der Waals surface area contributed by atoms with Gasteiger partial charge in [-0.15, -0.1) is 0 Å². The van der Waals surface area contributed by atoms with Gasteiger partial charge in [0.2, 0.25) is 0 Å². The minimum Gasteiger partial charge on any atom is -0.475 e. The molecule has 1 aliphatic rings. The molecule has 1 fully saturated rings. The Morgan fingerprint density at radius 3 is 1.84 bits per heavy atom. The van der Waals surface area contributed by atoms with Crippen molar-refractivity contribution < 1.29 is 46.1 Å². The van der Waals surface area contributed by atoms with E-state index in [-0.39, 0.29) is 0 Å². The molecule has 0 bridgehead atoms. The van der Waals surface area contributed by atoms with Crippen LogP contribution in [0.2, 0.25) is 0 Å². The van der Waals surface area contributed by atoms with Crippen LogP contribution in [0.4, 0.5) is 32.2 Å². The van der Waals surface area contributed by atoms with Gasteiger partial charge in [-0.3, -0.25) is 9.88 Å². The summed E-state index contributed by atoms with van der Waals surface area (Å²) in [5, 5.41) is 14.2. The van der Waals surface area contributed by atoms with Gasteiger partial charge in [0.15, 0.2) is 0 Å². The first-order valence-electron chi connectivity index (χ1n) is 10.8. The number of imidazole rings is 1. The predicted molar refractivity (Wildman–Crippen MR) is 119 cm³/mol. The molecule has 1 atom stereocenters. The van der Waals surface area contributed by atoms with Crippen LogP contribution in [0.5, 0.6) is 0 Å². The van der Waals surface area contributed by atoms with Crippen LogP contribution in [0.3, 0.4) is 0 Å². The Morgan fingerprint density at radius 2 is 1.43 bits per heavy atom. The molecule has 37 heavy (non-hydrogen) atoms. The van der Waals surface area contributed by atoms with E-state index in [1.54, 1.807) is 0 Å². The number of aliphatic carboxylic acids is 2. The molecule has 2 aromatic heterocycles. The smallest absolute Gasteiger partial charge is 0.475 e. The third-order valence-corrected chi connectivity index (χ3v) is 5.07. The zero-order chi connectivity index (χ0) is 28.6. The molecular formula is C21H28F6N6O4. The van der Waals surface area contributed by atoms with E-state index >= 15 is 0 Å². The van der Waals surface area contributed by atoms with Crippen LogP contribution in [0.25, 0.3) is 0 Å². The number of alkyl halides is 6. The Labute approximate surface area is 208 Å². The second-order valence-electron chi connectivity index (χ2n) is 8.04. The number of carboxylic acid groups (broad SMARTS) is 2. The van der Waals surface area contributed by atoms with Crippen LogP contribution in [0, 0.1) is 20.8 Å². The van der Waals surface area contributed by atoms with Crippen molar-refractivity contribution in [1.82, 2.24) is 24.4 Å². The number of carboxylic acids is 2. The summed E-state index contributed by atoms with van der Waals surface area (Å²) >= 11 is 0. The van der Waals surface area contributed by atoms with E-state index in [0.29, 0.717) is 6.04 Å². The van der Waals surface area contributed by atoms with Gasteiger partial charge in [0.05, 0.1) is 11.4 Å². The number of halogens is 6. The number of piperazine rings is 1. The summed E-state index contributed by atoms with van der Waals surface area (Å²) in [6.45, 7) is 13.6. The zero-order valence-electron chi connectivity index (χ0n) is 20.5. The maximum absolute atomic E-state index is 10.6. The molecule has 0 spiro atoms. The summed E-state index contributed by atoms with van der Waals surface area (Å²) in [5.41, 5.74) is 2.00. The van der Waals surface area contributed by atoms with Gasteiger partial charge in [-0.2, -0.15) is 26.3 Å². The van der Waals surface area contributed by atoms with Crippen LogP contribution in [-0.2, 0) is 9.59 Å². The predicted octanol–water partition coefficient (Wildman–Crippen LogP) is 3.25. The van der Waals surface area contributed by atoms with Crippen LogP contribution in [0.15, 0.2) is 18.6 Å². The standard InChI is InChI=1S/C17H26N6.2C2HF3O2/c1-13-11-19-15(3)17(20-13)22-9-7-21(8-10-22)12-14(2)23-6-5-18-16(23)4;2*3-2(4,5)1(6)7/h5-6,11,14H,7-10,12H2,1-4H3;2*(H,6,7). The summed E-state index contributed by atoms with van der Waals surface area (Å²) in [5.74, 6) is -3.38. The van der Waals surface area contributed by atoms with Crippen molar-refractivity contribution in [3.63, 3.8) is 0 Å². The summed E-state index contributed by atoms with van der Waals surface area (Å²) in [4.78, 5) is 36.1. The van der Waals surface area contributed by atoms with Gasteiger partial charge in [0.1, 0.15) is 11.6 Å². The number of anilines is 1. The van der Waals surface area contributed by atoms with Crippen molar-refractivity contribution in [1.29, 1.82) is 0 Å². The summed E-state index contributed by atoms with van der Waals surface area (Å²) in [6.07, 6.45) is -4.38. The van der Waals surface area contributed by atoms with E-state index in [2.05, 4.69) is 49.4 Å². The van der Waals surface area contributed by atoms with Crippen molar-refractivity contribution in [3.05, 3.63) is 35.8 Å². The molecule has 0 aliphatic carbocycles. The molecule has 3 rings (SSSR count). The van der Waals surface area contributed by atoms with Gasteiger partial charge in [0.25, 0.3) is 0 Å². The Morgan fingerprint density at radius 1 is 0.946 bits per heavy atom. The minimum absolute atomic E-state index is 0.449. The summed E-state index contributed by atoms with van der Waals surface area (Å²) in [7, 11) is 0. The fourth-order valence-corrected chi connectivity index (χ4v) is 3.28. The van der Waals surface area contributed by atoms with Gasteiger partial charge in [-0.1, -0.05) is 0 Å². The molecule has 10 nitrogen and oxygen atoms in total. The second kappa shape index (κ2) is 13.2. The lowest BCUT2D eigenvalue weighted by atomic mass is 10.2. The summed E-state index contributed by atoms with van der Waals surface area (Å²) in [6, 6.07) is 0.449. The second-order valence-corrected chi connectivity index (χ2v) is 8.04. The van der Waals surface area contributed by atoms with Crippen molar-refractivity contribution in [2.45, 2.75) is 46.1 Å². The SMILES string of the molecule is Cc1cnc(C)c(N2CCN(CC(C)n3ccnc3C)CC2)n1.O=C(O)C(F)(F)F.O=C(O)C(F)(F)F. The van der Waals surface area contributed by atoms with E-state index in [1.165, 1.54) is 0 Å². The van der Waals surface area contributed by atoms with E-state index in [4.69, 9.17) is 19.8 Å². The molecular weight excluding hydrogens is 514 g/mol. The van der Waals surface area contributed by atoms with Crippen molar-refractivity contribution in [2.24, 2.45) is 0 Å². The number of aromatic nitrogens is 4. The lowest BCUT2D eigenvalue weighted by Crippen LogP contribution is -2.48. The fraction of sp³-hybridized carbons (Fsp3) is 0.571. The molecule has 1 aliphatic heterocycles. The maximum Gasteiger partial charge on any atom is 0.490 e. The number of carbonyl (C=O) groups is 2. The molecule has 3 heterocycles. The number of hydrogen-bond donors (Lipinski definition) is 2. The fourth-order valence-electron chi connectivity index (χ4n) is 3.28. The van der Waals surface area contributed by atoms with Crippen molar-refractivity contribution >= 4 is 17.8 Å². The highest BCUT2D eigenvalue weighted by Gasteiger charge is 2.38. The first-order valence-corrected chi connectivity index (χ1v) is 10.8. The molecule has 16 heteroatoms. The maximum atomic E-state index is 10.6. The Bertz CT molecular complexity index is 1010. The molecule has 208 valence electrons. The third kappa shape index (κ3) is 10.6. The zero-order valence-corrected chi connectivity index (χ0v) is 20.5. The highest BCUT2D eigenvalue weighted by atomic mass is 19.4. The lowest BCUT2D eigenvalue weighted by Gasteiger charge is -2.37. The topological polar surface area (TPSA) is 125 Å². The molecule has 0 radical (unpaired) electrons. The molecule has 0 saturated carbocycles. The van der Waals surface area contributed by atoms with Gasteiger partial charge in [0, 0.05) is 57.4 Å². The van der Waals surface area contributed by atoms with Crippen molar-refractivity contribution in [3.8, 4) is 0 Å². The monoisotopic (exact) mass is 542 g/mol. The van der Waals surface area contributed by atoms with Crippen LogP contribution in [0.1, 0.15) is 30.2 Å². The normalized spacial score (nSPS) is 15.1. The van der Waals surface area contributed by atoms with E-state index in [1.807, 2.05) is 26.2 Å². The molecule has 0 aromatic carbocycles. The van der Waals surface area contributed by atoms with E-state index < -0.39 is 24.3 Å². The summed E-state index contributed by atoms with van der Waals surface area (Å²) < 4.78 is 65.7. The lowest BCUT2D eigenvalue weighted by molar-refractivity contribution is -0.193. The molecule has 1 unspecified atom stereocenters. The van der Waals surface area contributed by atoms with Gasteiger partial charge in [-0.05, 0) is 27.7 Å². The minimum atomic E-state index is -5.08. The average Bonchev–Trinajstić information content (AvgIpc) is 3.21. The quantitative estimate of drug-likeness (QED) is 0.560.